The second-order valence-corrected chi connectivity index (χ2v) is 6.64. The van der Waals surface area contributed by atoms with Crippen molar-refractivity contribution in [1.29, 1.82) is 0 Å². The number of aliphatic imine (C=N–C) groups is 1. The molecule has 2 aliphatic heterocycles. The molecule has 0 saturated carbocycles. The van der Waals surface area contributed by atoms with Crippen LogP contribution in [0.1, 0.15) is 31.9 Å². The number of rotatable bonds is 5. The number of para-hydroxylation sites is 1. The second-order valence-electron chi connectivity index (χ2n) is 6.64. The fourth-order valence-electron chi connectivity index (χ4n) is 3.62. The zero-order valence-electron chi connectivity index (χ0n) is 14.6. The van der Waals surface area contributed by atoms with Crippen LogP contribution >= 0.6 is 0 Å². The van der Waals surface area contributed by atoms with Crippen LogP contribution in [-0.2, 0) is 11.3 Å². The molecule has 2 aromatic rings. The Balaban J connectivity index is 1.40. The van der Waals surface area contributed by atoms with E-state index < -0.39 is 0 Å². The maximum Gasteiger partial charge on any atom is 0.191 e. The summed E-state index contributed by atoms with van der Waals surface area (Å²) in [5, 5.41) is 11.5. The molecule has 2 saturated heterocycles. The van der Waals surface area contributed by atoms with E-state index in [0.29, 0.717) is 24.8 Å². The van der Waals surface area contributed by atoms with E-state index in [-0.39, 0.29) is 0 Å². The maximum absolute atomic E-state index is 5.92. The molecule has 6 heteroatoms. The fraction of sp³-hybridized carbons (Fsp3) is 0.474. The van der Waals surface area contributed by atoms with E-state index >= 15 is 0 Å². The van der Waals surface area contributed by atoms with E-state index in [1.165, 1.54) is 6.42 Å². The van der Waals surface area contributed by atoms with Gasteiger partial charge in [-0.25, -0.2) is 9.67 Å². The molecule has 2 bridgehead atoms. The Labute approximate surface area is 148 Å². The predicted octanol–water partition coefficient (Wildman–Crippen LogP) is 2.25. The lowest BCUT2D eigenvalue weighted by Gasteiger charge is -2.22. The van der Waals surface area contributed by atoms with Crippen molar-refractivity contribution >= 4 is 5.96 Å². The number of hydrogen-bond acceptors (Lipinski definition) is 3. The lowest BCUT2D eigenvalue weighted by Crippen LogP contribution is -2.47. The number of fused-ring (bicyclic) bond motifs is 2. The van der Waals surface area contributed by atoms with Gasteiger partial charge in [0, 0.05) is 12.7 Å². The van der Waals surface area contributed by atoms with Crippen molar-refractivity contribution < 1.29 is 4.74 Å². The first-order valence-electron chi connectivity index (χ1n) is 9.12. The van der Waals surface area contributed by atoms with Gasteiger partial charge in [0.2, 0.25) is 0 Å². The van der Waals surface area contributed by atoms with Gasteiger partial charge in [-0.05, 0) is 44.4 Å². The smallest absolute Gasteiger partial charge is 0.191 e. The van der Waals surface area contributed by atoms with E-state index in [1.807, 2.05) is 47.3 Å². The maximum atomic E-state index is 5.92. The molecule has 2 aliphatic rings. The molecule has 0 spiro atoms. The molecule has 1 aromatic carbocycles. The number of benzene rings is 1. The summed E-state index contributed by atoms with van der Waals surface area (Å²) in [5.74, 6) is 0.845. The van der Waals surface area contributed by atoms with Crippen LogP contribution in [0.2, 0.25) is 0 Å². The van der Waals surface area contributed by atoms with Crippen molar-refractivity contribution in [1.82, 2.24) is 20.4 Å². The fourth-order valence-corrected chi connectivity index (χ4v) is 3.62. The molecule has 1 aromatic heterocycles. The van der Waals surface area contributed by atoms with E-state index in [4.69, 9.17) is 9.73 Å². The summed E-state index contributed by atoms with van der Waals surface area (Å²) in [5.41, 5.74) is 2.01. The Kier molecular flexibility index (Phi) is 4.70. The van der Waals surface area contributed by atoms with Crippen molar-refractivity contribution in [3.63, 3.8) is 0 Å². The summed E-state index contributed by atoms with van der Waals surface area (Å²) in [4.78, 5) is 4.70. The Hall–Kier alpha value is -2.34. The van der Waals surface area contributed by atoms with Gasteiger partial charge in [0.25, 0.3) is 0 Å². The largest absolute Gasteiger partial charge is 0.373 e. The third kappa shape index (κ3) is 3.69. The van der Waals surface area contributed by atoms with Gasteiger partial charge in [-0.1, -0.05) is 18.2 Å². The first-order valence-corrected chi connectivity index (χ1v) is 9.12. The highest BCUT2D eigenvalue weighted by atomic mass is 16.5. The minimum absolute atomic E-state index is 0.339. The Morgan fingerprint density at radius 2 is 2.16 bits per heavy atom. The van der Waals surface area contributed by atoms with Gasteiger partial charge in [0.15, 0.2) is 5.96 Å². The van der Waals surface area contributed by atoms with Gasteiger partial charge in [-0.3, -0.25) is 0 Å². The van der Waals surface area contributed by atoms with Gasteiger partial charge in [-0.2, -0.15) is 5.10 Å². The van der Waals surface area contributed by atoms with Gasteiger partial charge < -0.3 is 15.4 Å². The molecule has 0 radical (unpaired) electrons. The average molecular weight is 339 g/mol. The summed E-state index contributed by atoms with van der Waals surface area (Å²) in [6, 6.07) is 12.5. The molecule has 3 heterocycles. The zero-order chi connectivity index (χ0) is 17.1. The third-order valence-electron chi connectivity index (χ3n) is 4.84. The topological polar surface area (TPSA) is 63.5 Å². The summed E-state index contributed by atoms with van der Waals surface area (Å²) in [6.45, 7) is 3.47. The highest BCUT2D eigenvalue weighted by molar-refractivity contribution is 5.80. The van der Waals surface area contributed by atoms with Gasteiger partial charge in [-0.15, -0.1) is 0 Å². The van der Waals surface area contributed by atoms with Crippen LogP contribution in [0, 0.1) is 0 Å². The van der Waals surface area contributed by atoms with Crippen LogP contribution in [0.5, 0.6) is 0 Å². The number of ether oxygens (including phenoxy) is 1. The molecule has 3 unspecified atom stereocenters. The van der Waals surface area contributed by atoms with Gasteiger partial charge in [0.05, 0.1) is 36.2 Å². The minimum Gasteiger partial charge on any atom is -0.373 e. The van der Waals surface area contributed by atoms with E-state index in [1.54, 1.807) is 0 Å². The number of guanidine groups is 1. The Morgan fingerprint density at radius 3 is 2.88 bits per heavy atom. The van der Waals surface area contributed by atoms with Crippen LogP contribution < -0.4 is 10.6 Å². The molecule has 6 nitrogen and oxygen atoms in total. The second kappa shape index (κ2) is 7.27. The molecule has 0 amide bonds. The third-order valence-corrected chi connectivity index (χ3v) is 4.84. The van der Waals surface area contributed by atoms with Crippen LogP contribution in [0.25, 0.3) is 5.69 Å². The zero-order valence-corrected chi connectivity index (χ0v) is 14.6. The number of hydrogen-bond donors (Lipinski definition) is 2. The van der Waals surface area contributed by atoms with Crippen molar-refractivity contribution in [2.45, 2.75) is 51.0 Å². The van der Waals surface area contributed by atoms with Crippen molar-refractivity contribution in [3.05, 3.63) is 48.3 Å². The molecule has 132 valence electrons. The average Bonchev–Trinajstić information content (AvgIpc) is 3.37. The predicted molar refractivity (Wildman–Crippen MR) is 97.8 cm³/mol. The summed E-state index contributed by atoms with van der Waals surface area (Å²) >= 11 is 0. The van der Waals surface area contributed by atoms with Crippen LogP contribution in [0.15, 0.2) is 47.6 Å². The van der Waals surface area contributed by atoms with E-state index in [9.17, 15) is 0 Å². The minimum atomic E-state index is 0.339. The first-order chi connectivity index (χ1) is 12.3. The molecular weight excluding hydrogens is 314 g/mol. The standard InChI is InChI=1S/C19H25N5O/c1-2-20-19(22-17-12-16-8-9-18(17)25-16)21-13-14-10-11-24(23-14)15-6-4-3-5-7-15/h3-7,10-11,16-18H,2,8-9,12-13H2,1H3,(H2,20,21,22). The summed E-state index contributed by atoms with van der Waals surface area (Å²) < 4.78 is 7.80. The Bertz CT molecular complexity index is 726. The van der Waals surface area contributed by atoms with Crippen LogP contribution in [0.3, 0.4) is 0 Å². The number of nitrogens with one attached hydrogen (secondary N) is 2. The van der Waals surface area contributed by atoms with Crippen molar-refractivity contribution in [3.8, 4) is 5.69 Å². The number of aromatic nitrogens is 2. The van der Waals surface area contributed by atoms with Crippen LogP contribution in [-0.4, -0.2) is 40.5 Å². The Morgan fingerprint density at radius 1 is 1.28 bits per heavy atom. The quantitative estimate of drug-likeness (QED) is 0.648. The monoisotopic (exact) mass is 339 g/mol. The van der Waals surface area contributed by atoms with Gasteiger partial charge in [0.1, 0.15) is 0 Å². The SMILES string of the molecule is CCNC(=NCc1ccn(-c2ccccc2)n1)NC1CC2CCC1O2. The first kappa shape index (κ1) is 16.1. The normalized spacial score (nSPS) is 25.3. The van der Waals surface area contributed by atoms with E-state index in [2.05, 4.69) is 22.7 Å². The molecule has 4 rings (SSSR count). The lowest BCUT2D eigenvalue weighted by molar-refractivity contribution is 0.0992. The molecule has 2 fully saturated rings. The van der Waals surface area contributed by atoms with Crippen LogP contribution in [0.4, 0.5) is 0 Å². The van der Waals surface area contributed by atoms with E-state index in [0.717, 1.165) is 36.7 Å². The summed E-state index contributed by atoms with van der Waals surface area (Å²) in [6.07, 6.45) is 6.19. The van der Waals surface area contributed by atoms with Crippen molar-refractivity contribution in [2.24, 2.45) is 4.99 Å². The highest BCUT2D eigenvalue weighted by Gasteiger charge is 2.41. The molecule has 3 atom stereocenters. The highest BCUT2D eigenvalue weighted by Crippen LogP contribution is 2.34. The van der Waals surface area contributed by atoms with Crippen molar-refractivity contribution in [2.75, 3.05) is 6.54 Å². The summed E-state index contributed by atoms with van der Waals surface area (Å²) in [7, 11) is 0. The number of nitrogens with zero attached hydrogens (tertiary/aromatic N) is 3. The van der Waals surface area contributed by atoms with Gasteiger partial charge >= 0.3 is 0 Å². The molecule has 0 aliphatic carbocycles. The molecule has 25 heavy (non-hydrogen) atoms. The lowest BCUT2D eigenvalue weighted by atomic mass is 9.96. The molecular formula is C19H25N5O. The molecule has 2 N–H and O–H groups in total.